The molecule has 0 aromatic rings. The predicted molar refractivity (Wildman–Crippen MR) is 83.6 cm³/mol. The number of esters is 1. The predicted octanol–water partition coefficient (Wildman–Crippen LogP) is 2.58. The van der Waals surface area contributed by atoms with Crippen LogP contribution in [0.1, 0.15) is 51.9 Å². The average molecular weight is 391 g/mol. The summed E-state index contributed by atoms with van der Waals surface area (Å²) >= 11 is 2.28. The van der Waals surface area contributed by atoms with Crippen molar-refractivity contribution in [1.29, 1.82) is 0 Å². The van der Waals surface area contributed by atoms with Crippen LogP contribution in [0, 0.1) is 11.8 Å². The molecule has 112 valence electrons. The van der Waals surface area contributed by atoms with Crippen LogP contribution in [0.4, 0.5) is 0 Å². The molecule has 1 aliphatic carbocycles. The minimum Gasteiger partial charge on any atom is -0.453 e. The zero-order valence-corrected chi connectivity index (χ0v) is 14.1. The number of hydrogen-bond acceptors (Lipinski definition) is 3. The molecule has 3 fully saturated rings. The second-order valence-corrected chi connectivity index (χ2v) is 7.71. The first-order valence-electron chi connectivity index (χ1n) is 7.65. The fourth-order valence-electron chi connectivity index (χ4n) is 4.29. The molecule has 1 amide bonds. The van der Waals surface area contributed by atoms with Gasteiger partial charge < -0.3 is 10.1 Å². The first-order valence-corrected chi connectivity index (χ1v) is 9.17. The van der Waals surface area contributed by atoms with Gasteiger partial charge in [0.25, 0.3) is 0 Å². The van der Waals surface area contributed by atoms with Crippen LogP contribution in [0.15, 0.2) is 0 Å². The van der Waals surface area contributed by atoms with Crippen LogP contribution in [0.5, 0.6) is 0 Å². The molecule has 3 atom stereocenters. The van der Waals surface area contributed by atoms with Crippen molar-refractivity contribution < 1.29 is 14.3 Å². The maximum atomic E-state index is 12.3. The minimum absolute atomic E-state index is 0.00539. The number of carbonyl (C=O) groups is 2. The van der Waals surface area contributed by atoms with E-state index in [0.717, 1.165) is 17.3 Å². The van der Waals surface area contributed by atoms with Gasteiger partial charge in [0.1, 0.15) is 0 Å². The van der Waals surface area contributed by atoms with Gasteiger partial charge in [-0.25, -0.2) is 4.79 Å². The van der Waals surface area contributed by atoms with Gasteiger partial charge in [-0.2, -0.15) is 0 Å². The van der Waals surface area contributed by atoms with Crippen molar-refractivity contribution in [3.63, 3.8) is 0 Å². The van der Waals surface area contributed by atoms with Crippen molar-refractivity contribution in [2.45, 2.75) is 63.0 Å². The van der Waals surface area contributed by atoms with E-state index in [2.05, 4.69) is 27.9 Å². The summed E-state index contributed by atoms with van der Waals surface area (Å²) in [6.45, 7) is 1.95. The number of carbonyl (C=O) groups excluding carboxylic acids is 2. The van der Waals surface area contributed by atoms with E-state index in [1.165, 1.54) is 32.1 Å². The van der Waals surface area contributed by atoms with Crippen molar-refractivity contribution in [3.05, 3.63) is 0 Å². The molecule has 0 radical (unpaired) electrons. The Morgan fingerprint density at radius 2 is 2.00 bits per heavy atom. The molecule has 1 N–H and O–H groups in total. The highest BCUT2D eigenvalue weighted by Crippen LogP contribution is 2.53. The third kappa shape index (κ3) is 1.91. The molecule has 20 heavy (non-hydrogen) atoms. The van der Waals surface area contributed by atoms with E-state index in [4.69, 9.17) is 4.74 Å². The van der Waals surface area contributed by atoms with Gasteiger partial charge in [-0.05, 0) is 25.7 Å². The summed E-state index contributed by atoms with van der Waals surface area (Å²) < 4.78 is 6.41. The Bertz CT molecular complexity index is 435. The molecular formula is C15H22INO3. The van der Waals surface area contributed by atoms with Crippen molar-refractivity contribution in [2.75, 3.05) is 4.43 Å². The Hall–Kier alpha value is -0.330. The van der Waals surface area contributed by atoms with E-state index in [1.54, 1.807) is 0 Å². The van der Waals surface area contributed by atoms with Crippen LogP contribution >= 0.6 is 22.6 Å². The Morgan fingerprint density at radius 3 is 2.60 bits per heavy atom. The third-order valence-corrected chi connectivity index (χ3v) is 6.16. The van der Waals surface area contributed by atoms with Crippen LogP contribution < -0.4 is 5.32 Å². The zero-order valence-electron chi connectivity index (χ0n) is 11.9. The average Bonchev–Trinajstić information content (AvgIpc) is 2.59. The minimum atomic E-state index is -0.734. The SMILES string of the molecule is CC12OC(=O)C1(CC1CCCCC1)NC(=O)C2CCI. The molecule has 3 aliphatic rings. The van der Waals surface area contributed by atoms with Crippen molar-refractivity contribution >= 4 is 34.5 Å². The van der Waals surface area contributed by atoms with E-state index in [0.29, 0.717) is 5.92 Å². The number of amides is 1. The summed E-state index contributed by atoms with van der Waals surface area (Å²) in [4.78, 5) is 24.4. The molecule has 2 aliphatic heterocycles. The van der Waals surface area contributed by atoms with E-state index >= 15 is 0 Å². The molecule has 3 rings (SSSR count). The summed E-state index contributed by atoms with van der Waals surface area (Å²) in [7, 11) is 0. The van der Waals surface area contributed by atoms with Gasteiger partial charge >= 0.3 is 5.97 Å². The van der Waals surface area contributed by atoms with Crippen molar-refractivity contribution in [2.24, 2.45) is 11.8 Å². The highest BCUT2D eigenvalue weighted by molar-refractivity contribution is 14.1. The lowest BCUT2D eigenvalue weighted by atomic mass is 9.65. The van der Waals surface area contributed by atoms with Gasteiger partial charge in [-0.1, -0.05) is 54.7 Å². The highest BCUT2D eigenvalue weighted by Gasteiger charge is 2.75. The smallest absolute Gasteiger partial charge is 0.336 e. The maximum Gasteiger partial charge on any atom is 0.336 e. The van der Waals surface area contributed by atoms with Gasteiger partial charge in [0.15, 0.2) is 11.1 Å². The summed E-state index contributed by atoms with van der Waals surface area (Å²) in [6.07, 6.45) is 7.70. The molecule has 4 nitrogen and oxygen atoms in total. The molecule has 2 saturated heterocycles. The number of nitrogens with one attached hydrogen (secondary N) is 1. The summed E-state index contributed by atoms with van der Waals surface area (Å²) in [6, 6.07) is 0. The normalized spacial score (nSPS) is 40.8. The Balaban J connectivity index is 1.82. The number of ether oxygens (including phenoxy) is 1. The number of alkyl halides is 1. The first-order chi connectivity index (χ1) is 9.53. The quantitative estimate of drug-likeness (QED) is 0.456. The van der Waals surface area contributed by atoms with Crippen LogP contribution in [0.25, 0.3) is 0 Å². The molecular weight excluding hydrogens is 369 g/mol. The summed E-state index contributed by atoms with van der Waals surface area (Å²) in [5.74, 6) is 0.163. The van der Waals surface area contributed by atoms with Gasteiger partial charge in [0.05, 0.1) is 5.92 Å². The summed E-state index contributed by atoms with van der Waals surface area (Å²) in [5, 5.41) is 3.02. The van der Waals surface area contributed by atoms with E-state index in [9.17, 15) is 9.59 Å². The van der Waals surface area contributed by atoms with Crippen molar-refractivity contribution in [3.8, 4) is 0 Å². The first kappa shape index (κ1) is 14.6. The van der Waals surface area contributed by atoms with Crippen molar-refractivity contribution in [1.82, 2.24) is 5.32 Å². The van der Waals surface area contributed by atoms with Crippen LogP contribution in [-0.2, 0) is 14.3 Å². The Kier molecular flexibility index (Phi) is 3.75. The van der Waals surface area contributed by atoms with E-state index in [-0.39, 0.29) is 17.8 Å². The lowest BCUT2D eigenvalue weighted by Crippen LogP contribution is -2.74. The molecule has 0 bridgehead atoms. The second-order valence-electron chi connectivity index (χ2n) is 6.63. The number of rotatable bonds is 4. The second kappa shape index (κ2) is 5.14. The van der Waals surface area contributed by atoms with Gasteiger partial charge in [-0.15, -0.1) is 0 Å². The van der Waals surface area contributed by atoms with E-state index < -0.39 is 11.1 Å². The Morgan fingerprint density at radius 1 is 1.30 bits per heavy atom. The third-order valence-electron chi connectivity index (χ3n) is 5.54. The molecule has 0 aromatic heterocycles. The fourth-order valence-corrected chi connectivity index (χ4v) is 4.91. The van der Waals surface area contributed by atoms with Crippen LogP contribution in [0.2, 0.25) is 0 Å². The fraction of sp³-hybridized carbons (Fsp3) is 0.867. The highest BCUT2D eigenvalue weighted by atomic mass is 127. The summed E-state index contributed by atoms with van der Waals surface area (Å²) in [5.41, 5.74) is -1.35. The van der Waals surface area contributed by atoms with Gasteiger partial charge in [0.2, 0.25) is 5.91 Å². The standard InChI is InChI=1S/C15H22INO3/c1-14-11(7-8-16)12(18)17-15(14,13(19)20-14)9-10-5-3-2-4-6-10/h10-11H,2-9H2,1H3,(H,17,18). The topological polar surface area (TPSA) is 55.4 Å². The monoisotopic (exact) mass is 391 g/mol. The van der Waals surface area contributed by atoms with Crippen LogP contribution in [0.3, 0.4) is 0 Å². The Labute approximate surface area is 133 Å². The van der Waals surface area contributed by atoms with Gasteiger partial charge in [0, 0.05) is 4.43 Å². The lowest BCUT2D eigenvalue weighted by Gasteiger charge is -2.52. The zero-order chi connectivity index (χ0) is 14.4. The molecule has 0 spiro atoms. The molecule has 3 unspecified atom stereocenters. The van der Waals surface area contributed by atoms with Crippen LogP contribution in [-0.4, -0.2) is 27.4 Å². The van der Waals surface area contributed by atoms with Gasteiger partial charge in [-0.3, -0.25) is 4.79 Å². The largest absolute Gasteiger partial charge is 0.453 e. The molecule has 2 heterocycles. The molecule has 1 saturated carbocycles. The maximum absolute atomic E-state index is 12.3. The number of fused-ring (bicyclic) bond motifs is 1. The molecule has 5 heteroatoms. The number of halogens is 1. The number of hydrogen-bond donors (Lipinski definition) is 1. The lowest BCUT2D eigenvalue weighted by molar-refractivity contribution is -0.222. The molecule has 0 aromatic carbocycles. The van der Waals surface area contributed by atoms with E-state index in [1.807, 2.05) is 6.92 Å².